The van der Waals surface area contributed by atoms with Crippen molar-refractivity contribution in [1.29, 1.82) is 0 Å². The van der Waals surface area contributed by atoms with Crippen LogP contribution >= 0.6 is 11.3 Å². The molecule has 0 fully saturated rings. The maximum Gasteiger partial charge on any atom is 0.0245 e. The second-order valence-electron chi connectivity index (χ2n) is 3.18. The second kappa shape index (κ2) is 3.56. The zero-order chi connectivity index (χ0) is 8.39. The number of nitrogens with zero attached hydrogens (tertiary/aromatic N) is 1. The van der Waals surface area contributed by atoms with Gasteiger partial charge in [-0.2, -0.15) is 0 Å². The Labute approximate surface area is 77.0 Å². The van der Waals surface area contributed by atoms with Crippen molar-refractivity contribution in [2.24, 2.45) is 5.73 Å². The van der Waals surface area contributed by atoms with Gasteiger partial charge in [-0.15, -0.1) is 11.3 Å². The van der Waals surface area contributed by atoms with Gasteiger partial charge < -0.3 is 5.73 Å². The van der Waals surface area contributed by atoms with E-state index in [1.165, 1.54) is 18.5 Å². The van der Waals surface area contributed by atoms with Crippen molar-refractivity contribution in [2.75, 3.05) is 19.6 Å². The molecule has 0 aliphatic carbocycles. The van der Waals surface area contributed by atoms with Gasteiger partial charge in [0, 0.05) is 31.1 Å². The van der Waals surface area contributed by atoms with Crippen LogP contribution in [0.2, 0.25) is 0 Å². The van der Waals surface area contributed by atoms with E-state index >= 15 is 0 Å². The molecule has 0 saturated carbocycles. The molecule has 2 nitrogen and oxygen atoms in total. The van der Waals surface area contributed by atoms with Gasteiger partial charge in [-0.25, -0.2) is 0 Å². The number of fused-ring (bicyclic) bond motifs is 1. The highest BCUT2D eigenvalue weighted by molar-refractivity contribution is 7.10. The number of hydrogen-bond donors (Lipinski definition) is 1. The third-order valence-corrected chi connectivity index (χ3v) is 3.36. The minimum Gasteiger partial charge on any atom is -0.329 e. The molecule has 0 unspecified atom stereocenters. The predicted octanol–water partition coefficient (Wildman–Crippen LogP) is 1.06. The molecule has 66 valence electrons. The van der Waals surface area contributed by atoms with Gasteiger partial charge in [0.15, 0.2) is 0 Å². The molecule has 1 aromatic rings. The van der Waals surface area contributed by atoms with Gasteiger partial charge in [0.05, 0.1) is 0 Å². The van der Waals surface area contributed by atoms with Gasteiger partial charge in [-0.3, -0.25) is 4.90 Å². The quantitative estimate of drug-likeness (QED) is 0.741. The number of rotatable bonds is 2. The maximum absolute atomic E-state index is 5.52. The maximum atomic E-state index is 5.52. The largest absolute Gasteiger partial charge is 0.329 e. The smallest absolute Gasteiger partial charge is 0.0245 e. The molecule has 2 N–H and O–H groups in total. The minimum absolute atomic E-state index is 0.777. The fourth-order valence-electron chi connectivity index (χ4n) is 1.68. The summed E-state index contributed by atoms with van der Waals surface area (Å²) in [6, 6.07) is 2.24. The lowest BCUT2D eigenvalue weighted by Gasteiger charge is -2.25. The molecule has 0 spiro atoms. The van der Waals surface area contributed by atoms with Gasteiger partial charge in [0.1, 0.15) is 0 Å². The van der Waals surface area contributed by atoms with Gasteiger partial charge in [-0.1, -0.05) is 0 Å². The summed E-state index contributed by atoms with van der Waals surface area (Å²) in [6.45, 7) is 4.11. The van der Waals surface area contributed by atoms with E-state index in [0.29, 0.717) is 0 Å². The van der Waals surface area contributed by atoms with Crippen LogP contribution < -0.4 is 5.73 Å². The fraction of sp³-hybridized carbons (Fsp3) is 0.556. The number of nitrogens with two attached hydrogens (primary N) is 1. The van der Waals surface area contributed by atoms with E-state index in [4.69, 9.17) is 5.73 Å². The Morgan fingerprint density at radius 3 is 3.33 bits per heavy atom. The second-order valence-corrected chi connectivity index (χ2v) is 4.18. The highest BCUT2D eigenvalue weighted by Crippen LogP contribution is 2.23. The van der Waals surface area contributed by atoms with Crippen LogP contribution in [0.3, 0.4) is 0 Å². The summed E-state index contributed by atoms with van der Waals surface area (Å²) in [6.07, 6.45) is 1.22. The van der Waals surface area contributed by atoms with E-state index in [1.54, 1.807) is 4.88 Å². The molecule has 3 heteroatoms. The highest BCUT2D eigenvalue weighted by Gasteiger charge is 2.15. The summed E-state index contributed by atoms with van der Waals surface area (Å²) >= 11 is 1.89. The first-order valence-corrected chi connectivity index (χ1v) is 5.26. The third-order valence-electron chi connectivity index (χ3n) is 2.33. The monoisotopic (exact) mass is 182 g/mol. The van der Waals surface area contributed by atoms with Gasteiger partial charge >= 0.3 is 0 Å². The van der Waals surface area contributed by atoms with E-state index < -0.39 is 0 Å². The van der Waals surface area contributed by atoms with Crippen molar-refractivity contribution in [2.45, 2.75) is 13.0 Å². The number of hydrogen-bond acceptors (Lipinski definition) is 3. The van der Waals surface area contributed by atoms with Crippen LogP contribution in [0.25, 0.3) is 0 Å². The van der Waals surface area contributed by atoms with Crippen LogP contribution in [-0.2, 0) is 13.0 Å². The summed E-state index contributed by atoms with van der Waals surface area (Å²) in [7, 11) is 0. The molecular formula is C9H14N2S. The topological polar surface area (TPSA) is 29.3 Å². The summed E-state index contributed by atoms with van der Waals surface area (Å²) in [5.41, 5.74) is 7.03. The first kappa shape index (κ1) is 8.23. The van der Waals surface area contributed by atoms with E-state index in [9.17, 15) is 0 Å². The van der Waals surface area contributed by atoms with Crippen molar-refractivity contribution in [3.8, 4) is 0 Å². The molecule has 12 heavy (non-hydrogen) atoms. The molecule has 0 radical (unpaired) electrons. The van der Waals surface area contributed by atoms with Crippen molar-refractivity contribution in [1.82, 2.24) is 4.90 Å². The van der Waals surface area contributed by atoms with Crippen LogP contribution in [0.1, 0.15) is 10.4 Å². The molecule has 1 aromatic heterocycles. The van der Waals surface area contributed by atoms with Gasteiger partial charge in [-0.05, 0) is 23.4 Å². The zero-order valence-electron chi connectivity index (χ0n) is 7.12. The van der Waals surface area contributed by atoms with E-state index in [2.05, 4.69) is 16.3 Å². The van der Waals surface area contributed by atoms with Crippen LogP contribution in [0.4, 0.5) is 0 Å². The van der Waals surface area contributed by atoms with E-state index in [1.807, 2.05) is 11.3 Å². The summed E-state index contributed by atoms with van der Waals surface area (Å²) in [5.74, 6) is 0. The molecule has 2 rings (SSSR count). The van der Waals surface area contributed by atoms with Crippen molar-refractivity contribution in [3.05, 3.63) is 21.9 Å². The Balaban J connectivity index is 2.05. The first-order chi connectivity index (χ1) is 5.90. The van der Waals surface area contributed by atoms with Crippen LogP contribution in [-0.4, -0.2) is 24.5 Å². The minimum atomic E-state index is 0.777. The van der Waals surface area contributed by atoms with Crippen LogP contribution in [0.15, 0.2) is 11.4 Å². The average Bonchev–Trinajstić information content (AvgIpc) is 2.51. The standard InChI is InChI=1S/C9H14N2S/c10-3-5-11-4-1-9-8(7-11)2-6-12-9/h2,6H,1,3-5,7,10H2. The Hall–Kier alpha value is -0.380. The first-order valence-electron chi connectivity index (χ1n) is 4.38. The number of thiophene rings is 1. The zero-order valence-corrected chi connectivity index (χ0v) is 7.94. The lowest BCUT2D eigenvalue weighted by molar-refractivity contribution is 0.263. The van der Waals surface area contributed by atoms with E-state index in [0.717, 1.165) is 19.6 Å². The molecule has 2 heterocycles. The Morgan fingerprint density at radius 2 is 2.50 bits per heavy atom. The summed E-state index contributed by atoms with van der Waals surface area (Å²) in [4.78, 5) is 4.00. The molecule has 0 aromatic carbocycles. The van der Waals surface area contributed by atoms with Crippen LogP contribution in [0, 0.1) is 0 Å². The van der Waals surface area contributed by atoms with E-state index in [-0.39, 0.29) is 0 Å². The molecule has 0 amide bonds. The lowest BCUT2D eigenvalue weighted by Crippen LogP contribution is -2.33. The molecule has 1 aliphatic rings. The lowest BCUT2D eigenvalue weighted by atomic mass is 10.1. The Morgan fingerprint density at radius 1 is 1.58 bits per heavy atom. The Bertz CT molecular complexity index is 257. The van der Waals surface area contributed by atoms with Gasteiger partial charge in [0.25, 0.3) is 0 Å². The van der Waals surface area contributed by atoms with Crippen molar-refractivity contribution >= 4 is 11.3 Å². The normalized spacial score (nSPS) is 17.8. The summed E-state index contributed by atoms with van der Waals surface area (Å²) < 4.78 is 0. The SMILES string of the molecule is NCCN1CCc2sccc2C1. The average molecular weight is 182 g/mol. The van der Waals surface area contributed by atoms with Gasteiger partial charge in [0.2, 0.25) is 0 Å². The third kappa shape index (κ3) is 1.53. The highest BCUT2D eigenvalue weighted by atomic mass is 32.1. The Kier molecular flexibility index (Phi) is 2.44. The molecular weight excluding hydrogens is 168 g/mol. The van der Waals surface area contributed by atoms with Crippen molar-refractivity contribution in [3.63, 3.8) is 0 Å². The molecule has 1 aliphatic heterocycles. The molecule has 0 saturated heterocycles. The van der Waals surface area contributed by atoms with Crippen LogP contribution in [0.5, 0.6) is 0 Å². The molecule has 0 bridgehead atoms. The predicted molar refractivity (Wildman–Crippen MR) is 52.4 cm³/mol. The van der Waals surface area contributed by atoms with Crippen molar-refractivity contribution < 1.29 is 0 Å². The fourth-order valence-corrected chi connectivity index (χ4v) is 2.57. The molecule has 0 atom stereocenters. The summed E-state index contributed by atoms with van der Waals surface area (Å²) in [5, 5.41) is 2.19.